The summed E-state index contributed by atoms with van der Waals surface area (Å²) in [6.45, 7) is 4.14. The first kappa shape index (κ1) is 14.5. The lowest BCUT2D eigenvalue weighted by Crippen LogP contribution is -2.27. The van der Waals surface area contributed by atoms with E-state index >= 15 is 0 Å². The van der Waals surface area contributed by atoms with Gasteiger partial charge in [0.15, 0.2) is 0 Å². The molecular formula is C14H22N2O2S. The van der Waals surface area contributed by atoms with E-state index in [9.17, 15) is 8.42 Å². The van der Waals surface area contributed by atoms with Crippen molar-refractivity contribution in [2.75, 3.05) is 13.1 Å². The Morgan fingerprint density at radius 2 is 2.00 bits per heavy atom. The highest BCUT2D eigenvalue weighted by atomic mass is 32.2. The van der Waals surface area contributed by atoms with Crippen LogP contribution in [0.1, 0.15) is 31.7 Å². The first-order valence-electron chi connectivity index (χ1n) is 6.91. The van der Waals surface area contributed by atoms with E-state index in [1.807, 2.05) is 12.1 Å². The van der Waals surface area contributed by atoms with E-state index in [0.29, 0.717) is 23.9 Å². The summed E-state index contributed by atoms with van der Waals surface area (Å²) in [5.41, 5.74) is 0.833. The van der Waals surface area contributed by atoms with Crippen molar-refractivity contribution in [3.05, 3.63) is 29.8 Å². The lowest BCUT2D eigenvalue weighted by atomic mass is 10.2. The third-order valence-electron chi connectivity index (χ3n) is 3.26. The summed E-state index contributed by atoms with van der Waals surface area (Å²) >= 11 is 0. The number of hydrogen-bond acceptors (Lipinski definition) is 3. The van der Waals surface area contributed by atoms with Gasteiger partial charge < -0.3 is 5.32 Å². The number of benzene rings is 1. The summed E-state index contributed by atoms with van der Waals surface area (Å²) in [6.07, 6.45) is 3.32. The summed E-state index contributed by atoms with van der Waals surface area (Å²) in [5, 5.41) is 3.25. The molecule has 0 aromatic heterocycles. The van der Waals surface area contributed by atoms with Crippen LogP contribution in [0.5, 0.6) is 0 Å². The molecule has 1 aromatic carbocycles. The lowest BCUT2D eigenvalue weighted by Gasteiger charge is -2.11. The van der Waals surface area contributed by atoms with Gasteiger partial charge >= 0.3 is 0 Å². The molecule has 2 N–H and O–H groups in total. The molecule has 5 heteroatoms. The normalized spacial score (nSPS) is 15.6. The van der Waals surface area contributed by atoms with Gasteiger partial charge in [0.25, 0.3) is 0 Å². The zero-order chi connectivity index (χ0) is 13.7. The van der Waals surface area contributed by atoms with Gasteiger partial charge in [-0.05, 0) is 43.4 Å². The third kappa shape index (κ3) is 4.30. The van der Waals surface area contributed by atoms with Crippen molar-refractivity contribution < 1.29 is 8.42 Å². The maximum Gasteiger partial charge on any atom is 0.240 e. The standard InChI is InChI=1S/C14H22N2O2S/c1-2-9-15-11-13-5-3-4-6-14(13)19(17,18)16-10-12-7-8-12/h3-6,12,15-16H,2,7-11H2,1H3. The molecule has 1 fully saturated rings. The van der Waals surface area contributed by atoms with Gasteiger partial charge in [-0.1, -0.05) is 25.1 Å². The quantitative estimate of drug-likeness (QED) is 0.716. The van der Waals surface area contributed by atoms with Crippen molar-refractivity contribution >= 4 is 10.0 Å². The minimum absolute atomic E-state index is 0.402. The van der Waals surface area contributed by atoms with Gasteiger partial charge in [-0.15, -0.1) is 0 Å². The second-order valence-corrected chi connectivity index (χ2v) is 6.82. The second kappa shape index (κ2) is 6.50. The van der Waals surface area contributed by atoms with E-state index in [4.69, 9.17) is 0 Å². The average molecular weight is 282 g/mol. The lowest BCUT2D eigenvalue weighted by molar-refractivity contribution is 0.574. The third-order valence-corrected chi connectivity index (χ3v) is 4.79. The predicted molar refractivity (Wildman–Crippen MR) is 76.4 cm³/mol. The maximum atomic E-state index is 12.3. The van der Waals surface area contributed by atoms with Gasteiger partial charge in [0.1, 0.15) is 0 Å². The summed E-state index contributed by atoms with van der Waals surface area (Å²) in [4.78, 5) is 0.402. The van der Waals surface area contributed by atoms with Crippen LogP contribution in [0.3, 0.4) is 0 Å². The Morgan fingerprint density at radius 3 is 2.68 bits per heavy atom. The van der Waals surface area contributed by atoms with E-state index < -0.39 is 10.0 Å². The van der Waals surface area contributed by atoms with Gasteiger partial charge in [0, 0.05) is 13.1 Å². The first-order chi connectivity index (χ1) is 9.13. The molecule has 0 heterocycles. The number of sulfonamides is 1. The minimum Gasteiger partial charge on any atom is -0.313 e. The van der Waals surface area contributed by atoms with Crippen molar-refractivity contribution in [3.63, 3.8) is 0 Å². The Bertz CT molecular complexity index is 510. The molecule has 0 saturated heterocycles. The Balaban J connectivity index is 2.07. The van der Waals surface area contributed by atoms with Crippen LogP contribution in [0.2, 0.25) is 0 Å². The summed E-state index contributed by atoms with van der Waals surface area (Å²) in [5.74, 6) is 0.542. The maximum absolute atomic E-state index is 12.3. The smallest absolute Gasteiger partial charge is 0.240 e. The number of hydrogen-bond donors (Lipinski definition) is 2. The van der Waals surface area contributed by atoms with E-state index in [0.717, 1.165) is 31.4 Å². The highest BCUT2D eigenvalue weighted by Crippen LogP contribution is 2.28. The van der Waals surface area contributed by atoms with Gasteiger partial charge in [0.2, 0.25) is 10.0 Å². The zero-order valence-corrected chi connectivity index (χ0v) is 12.2. The molecule has 0 aliphatic heterocycles. The van der Waals surface area contributed by atoms with Crippen LogP contribution < -0.4 is 10.0 Å². The molecule has 0 bridgehead atoms. The molecule has 0 radical (unpaired) electrons. The topological polar surface area (TPSA) is 58.2 Å². The largest absolute Gasteiger partial charge is 0.313 e. The minimum atomic E-state index is -3.37. The first-order valence-corrected chi connectivity index (χ1v) is 8.40. The van der Waals surface area contributed by atoms with Crippen LogP contribution in [0.15, 0.2) is 29.2 Å². The van der Waals surface area contributed by atoms with E-state index in [2.05, 4.69) is 17.0 Å². The molecule has 106 valence electrons. The molecule has 0 spiro atoms. The Labute approximate surface area is 115 Å². The molecule has 19 heavy (non-hydrogen) atoms. The van der Waals surface area contributed by atoms with Gasteiger partial charge in [-0.3, -0.25) is 0 Å². The summed E-state index contributed by atoms with van der Waals surface area (Å²) < 4.78 is 27.3. The second-order valence-electron chi connectivity index (χ2n) is 5.08. The zero-order valence-electron chi connectivity index (χ0n) is 11.4. The number of nitrogens with one attached hydrogen (secondary N) is 2. The highest BCUT2D eigenvalue weighted by molar-refractivity contribution is 7.89. The van der Waals surface area contributed by atoms with Crippen LogP contribution in [-0.4, -0.2) is 21.5 Å². The Kier molecular flexibility index (Phi) is 4.96. The van der Waals surface area contributed by atoms with Crippen molar-refractivity contribution in [3.8, 4) is 0 Å². The Morgan fingerprint density at radius 1 is 1.26 bits per heavy atom. The molecule has 2 rings (SSSR count). The fourth-order valence-corrected chi connectivity index (χ4v) is 3.29. The SMILES string of the molecule is CCCNCc1ccccc1S(=O)(=O)NCC1CC1. The average Bonchev–Trinajstić information content (AvgIpc) is 3.21. The van der Waals surface area contributed by atoms with Gasteiger partial charge in [-0.2, -0.15) is 0 Å². The van der Waals surface area contributed by atoms with E-state index in [1.165, 1.54) is 0 Å². The predicted octanol–water partition coefficient (Wildman–Crippen LogP) is 1.87. The summed E-state index contributed by atoms with van der Waals surface area (Å²) in [7, 11) is -3.37. The molecule has 0 amide bonds. The van der Waals surface area contributed by atoms with Crippen LogP contribution in [0, 0.1) is 5.92 Å². The molecule has 1 aliphatic carbocycles. The highest BCUT2D eigenvalue weighted by Gasteiger charge is 2.25. The van der Waals surface area contributed by atoms with E-state index in [-0.39, 0.29) is 0 Å². The van der Waals surface area contributed by atoms with Gasteiger partial charge in [0.05, 0.1) is 4.90 Å². The molecule has 1 aliphatic rings. The molecule has 1 aromatic rings. The van der Waals surface area contributed by atoms with Crippen molar-refractivity contribution in [1.82, 2.24) is 10.0 Å². The molecule has 1 saturated carbocycles. The fraction of sp³-hybridized carbons (Fsp3) is 0.571. The summed E-state index contributed by atoms with van der Waals surface area (Å²) in [6, 6.07) is 7.20. The van der Waals surface area contributed by atoms with Crippen molar-refractivity contribution in [2.45, 2.75) is 37.6 Å². The van der Waals surface area contributed by atoms with Crippen LogP contribution >= 0.6 is 0 Å². The van der Waals surface area contributed by atoms with Crippen molar-refractivity contribution in [2.24, 2.45) is 5.92 Å². The van der Waals surface area contributed by atoms with Crippen LogP contribution in [0.4, 0.5) is 0 Å². The Hall–Kier alpha value is -0.910. The molecule has 0 unspecified atom stereocenters. The fourth-order valence-electron chi connectivity index (χ4n) is 1.94. The van der Waals surface area contributed by atoms with Crippen LogP contribution in [-0.2, 0) is 16.6 Å². The van der Waals surface area contributed by atoms with Crippen molar-refractivity contribution in [1.29, 1.82) is 0 Å². The number of rotatable bonds is 8. The van der Waals surface area contributed by atoms with Gasteiger partial charge in [-0.25, -0.2) is 13.1 Å². The monoisotopic (exact) mass is 282 g/mol. The molecule has 4 nitrogen and oxygen atoms in total. The molecular weight excluding hydrogens is 260 g/mol. The molecule has 0 atom stereocenters. The van der Waals surface area contributed by atoms with E-state index in [1.54, 1.807) is 12.1 Å². The van der Waals surface area contributed by atoms with Crippen LogP contribution in [0.25, 0.3) is 0 Å².